The van der Waals surface area contributed by atoms with E-state index in [0.717, 1.165) is 50.7 Å². The van der Waals surface area contributed by atoms with Crippen LogP contribution in [0.2, 0.25) is 0 Å². The fourth-order valence-corrected chi connectivity index (χ4v) is 3.73. The Labute approximate surface area is 162 Å². The lowest BCUT2D eigenvalue weighted by molar-refractivity contribution is 0.0621. The van der Waals surface area contributed by atoms with E-state index in [4.69, 9.17) is 0 Å². The highest BCUT2D eigenvalue weighted by molar-refractivity contribution is 5.36. The zero-order valence-electron chi connectivity index (χ0n) is 16.8. The number of hydrogen-bond donors (Lipinski definition) is 1. The van der Waals surface area contributed by atoms with E-state index < -0.39 is 0 Å². The van der Waals surface area contributed by atoms with Crippen LogP contribution >= 0.6 is 0 Å². The summed E-state index contributed by atoms with van der Waals surface area (Å²) < 4.78 is 2.18. The van der Waals surface area contributed by atoms with Gasteiger partial charge in [0.05, 0.1) is 6.54 Å². The lowest BCUT2D eigenvalue weighted by atomic mass is 10.1. The molecule has 1 aliphatic rings. The largest absolute Gasteiger partial charge is 0.396 e. The van der Waals surface area contributed by atoms with Gasteiger partial charge >= 0.3 is 0 Å². The maximum absolute atomic E-state index is 9.50. The molecule has 2 aromatic rings. The van der Waals surface area contributed by atoms with Gasteiger partial charge in [-0.15, -0.1) is 0 Å². The Hall–Kier alpha value is -1.95. The molecule has 3 rings (SSSR count). The van der Waals surface area contributed by atoms with Crippen LogP contribution in [0.3, 0.4) is 0 Å². The third-order valence-corrected chi connectivity index (χ3v) is 5.25. The summed E-state index contributed by atoms with van der Waals surface area (Å²) in [6.45, 7) is 11.5. The highest BCUT2D eigenvalue weighted by atomic mass is 16.3. The number of hydrogen-bond acceptors (Lipinski definition) is 4. The summed E-state index contributed by atoms with van der Waals surface area (Å²) in [4.78, 5) is 9.57. The second kappa shape index (κ2) is 9.31. The Bertz CT molecular complexity index is 763. The van der Waals surface area contributed by atoms with Gasteiger partial charge < -0.3 is 9.67 Å². The predicted molar refractivity (Wildman–Crippen MR) is 110 cm³/mol. The first kappa shape index (κ1) is 19.8. The van der Waals surface area contributed by atoms with Crippen LogP contribution in [0, 0.1) is 6.92 Å². The molecule has 0 bridgehead atoms. The third kappa shape index (κ3) is 5.28. The van der Waals surface area contributed by atoms with Crippen LogP contribution in [-0.4, -0.2) is 63.3 Å². The van der Waals surface area contributed by atoms with Crippen LogP contribution < -0.4 is 0 Å². The molecule has 27 heavy (non-hydrogen) atoms. The Morgan fingerprint density at radius 2 is 2.15 bits per heavy atom. The number of allylic oxidation sites excluding steroid dienone is 1. The molecule has 0 aliphatic carbocycles. The molecule has 1 unspecified atom stereocenters. The van der Waals surface area contributed by atoms with Crippen molar-refractivity contribution < 1.29 is 5.11 Å². The van der Waals surface area contributed by atoms with Gasteiger partial charge in [-0.25, -0.2) is 4.98 Å². The minimum absolute atomic E-state index is 0.238. The van der Waals surface area contributed by atoms with Gasteiger partial charge in [-0.1, -0.05) is 23.8 Å². The monoisotopic (exact) mass is 368 g/mol. The van der Waals surface area contributed by atoms with Gasteiger partial charge in [-0.3, -0.25) is 9.80 Å². The fourth-order valence-electron chi connectivity index (χ4n) is 3.73. The molecule has 0 amide bonds. The highest BCUT2D eigenvalue weighted by Crippen LogP contribution is 2.18. The van der Waals surface area contributed by atoms with Crippen LogP contribution in [-0.2, 0) is 6.54 Å². The lowest BCUT2D eigenvalue weighted by Gasteiger charge is -2.41. The summed E-state index contributed by atoms with van der Waals surface area (Å²) in [5, 5.41) is 9.50. The number of benzene rings is 1. The summed E-state index contributed by atoms with van der Waals surface area (Å²) in [7, 11) is 0. The van der Waals surface area contributed by atoms with Crippen molar-refractivity contribution in [1.82, 2.24) is 19.4 Å². The Kier molecular flexibility index (Phi) is 6.83. The number of imidazole rings is 1. The van der Waals surface area contributed by atoms with E-state index in [0.29, 0.717) is 6.04 Å². The first-order valence-corrected chi connectivity index (χ1v) is 9.86. The summed E-state index contributed by atoms with van der Waals surface area (Å²) in [5.74, 6) is 1.07. The van der Waals surface area contributed by atoms with Gasteiger partial charge in [-0.2, -0.15) is 0 Å². The molecule has 1 atom stereocenters. The lowest BCUT2D eigenvalue weighted by Crippen LogP contribution is -2.53. The SMILES string of the molecule is CC(C)=CCN1CCN(Cc2nccn2-c2cccc(C)c2)CC1CCO. The van der Waals surface area contributed by atoms with Crippen molar-refractivity contribution in [2.75, 3.05) is 32.8 Å². The molecule has 0 spiro atoms. The van der Waals surface area contributed by atoms with Crippen LogP contribution in [0.5, 0.6) is 0 Å². The minimum atomic E-state index is 0.238. The smallest absolute Gasteiger partial charge is 0.127 e. The van der Waals surface area contributed by atoms with E-state index >= 15 is 0 Å². The van der Waals surface area contributed by atoms with Crippen molar-refractivity contribution in [3.8, 4) is 5.69 Å². The maximum atomic E-state index is 9.50. The molecule has 2 heterocycles. The average molecular weight is 369 g/mol. The van der Waals surface area contributed by atoms with E-state index in [-0.39, 0.29) is 6.61 Å². The van der Waals surface area contributed by atoms with E-state index in [1.165, 1.54) is 11.1 Å². The molecule has 1 aliphatic heterocycles. The minimum Gasteiger partial charge on any atom is -0.396 e. The van der Waals surface area contributed by atoms with Crippen molar-refractivity contribution in [3.63, 3.8) is 0 Å². The van der Waals surface area contributed by atoms with Crippen LogP contribution in [0.25, 0.3) is 5.69 Å². The number of aryl methyl sites for hydroxylation is 1. The van der Waals surface area contributed by atoms with Crippen molar-refractivity contribution in [1.29, 1.82) is 0 Å². The van der Waals surface area contributed by atoms with Crippen molar-refractivity contribution >= 4 is 0 Å². The summed E-state index contributed by atoms with van der Waals surface area (Å²) in [5.41, 5.74) is 3.76. The van der Waals surface area contributed by atoms with Crippen molar-refractivity contribution in [3.05, 3.63) is 59.7 Å². The van der Waals surface area contributed by atoms with Gasteiger partial charge in [-0.05, 0) is 44.9 Å². The maximum Gasteiger partial charge on any atom is 0.127 e. The fraction of sp³-hybridized carbons (Fsp3) is 0.500. The number of nitrogens with zero attached hydrogens (tertiary/aromatic N) is 4. The van der Waals surface area contributed by atoms with Gasteiger partial charge in [0.2, 0.25) is 0 Å². The van der Waals surface area contributed by atoms with Crippen LogP contribution in [0.4, 0.5) is 0 Å². The number of piperazine rings is 1. The number of rotatable bonds is 7. The molecule has 1 aromatic carbocycles. The normalized spacial score (nSPS) is 18.6. The van der Waals surface area contributed by atoms with Crippen LogP contribution in [0.15, 0.2) is 48.3 Å². The molecule has 0 radical (unpaired) electrons. The molecule has 0 saturated carbocycles. The number of aliphatic hydroxyl groups is 1. The van der Waals surface area contributed by atoms with Crippen molar-refractivity contribution in [2.45, 2.75) is 39.8 Å². The Morgan fingerprint density at radius 3 is 2.89 bits per heavy atom. The molecular formula is C22H32N4O. The van der Waals surface area contributed by atoms with Crippen LogP contribution in [0.1, 0.15) is 31.7 Å². The first-order valence-electron chi connectivity index (χ1n) is 9.86. The first-order chi connectivity index (χ1) is 13.1. The zero-order valence-corrected chi connectivity index (χ0v) is 16.8. The highest BCUT2D eigenvalue weighted by Gasteiger charge is 2.26. The summed E-state index contributed by atoms with van der Waals surface area (Å²) >= 11 is 0. The molecular weight excluding hydrogens is 336 g/mol. The van der Waals surface area contributed by atoms with E-state index in [1.54, 1.807) is 0 Å². The Balaban J connectivity index is 1.69. The van der Waals surface area contributed by atoms with Gasteiger partial charge in [0.1, 0.15) is 5.82 Å². The van der Waals surface area contributed by atoms with Gasteiger partial charge in [0.25, 0.3) is 0 Å². The molecule has 1 N–H and O–H groups in total. The van der Waals surface area contributed by atoms with Gasteiger partial charge in [0.15, 0.2) is 0 Å². The third-order valence-electron chi connectivity index (χ3n) is 5.25. The summed E-state index contributed by atoms with van der Waals surface area (Å²) in [6.07, 6.45) is 7.03. The molecule has 146 valence electrons. The Morgan fingerprint density at radius 1 is 1.30 bits per heavy atom. The molecule has 5 heteroatoms. The van der Waals surface area contributed by atoms with E-state index in [1.807, 2.05) is 12.4 Å². The van der Waals surface area contributed by atoms with Gasteiger partial charge in [0, 0.05) is 56.9 Å². The van der Waals surface area contributed by atoms with E-state index in [9.17, 15) is 5.11 Å². The summed E-state index contributed by atoms with van der Waals surface area (Å²) in [6, 6.07) is 8.92. The molecule has 1 aromatic heterocycles. The molecule has 1 saturated heterocycles. The molecule has 5 nitrogen and oxygen atoms in total. The topological polar surface area (TPSA) is 44.5 Å². The second-order valence-corrected chi connectivity index (χ2v) is 7.73. The second-order valence-electron chi connectivity index (χ2n) is 7.73. The molecule has 1 fully saturated rings. The standard InChI is InChI=1S/C22H32N4O/c1-18(2)7-10-25-13-12-24(16-21(25)8-14-27)17-22-23-9-11-26(22)20-6-4-5-19(3)15-20/h4-7,9,11,15,21,27H,8,10,12-14,16-17H2,1-3H3. The van der Waals surface area contributed by atoms with E-state index in [2.05, 4.69) is 70.5 Å². The average Bonchev–Trinajstić information content (AvgIpc) is 3.09. The number of aromatic nitrogens is 2. The quantitative estimate of drug-likeness (QED) is 0.763. The zero-order chi connectivity index (χ0) is 19.2. The number of aliphatic hydroxyl groups excluding tert-OH is 1. The van der Waals surface area contributed by atoms with Crippen molar-refractivity contribution in [2.24, 2.45) is 0 Å². The predicted octanol–water partition coefficient (Wildman–Crippen LogP) is 3.02.